The molecule has 6 nitrogen and oxygen atoms in total. The maximum atomic E-state index is 11.7. The number of benzene rings is 2. The van der Waals surface area contributed by atoms with Crippen LogP contribution in [0.5, 0.6) is 5.75 Å². The highest BCUT2D eigenvalue weighted by Gasteiger charge is 2.13. The number of hydrogen-bond donors (Lipinski definition) is 1. The standard InChI is InChI=1S/C19H21N3O3/c1-24-13-19(23)20-11-18-21-15-8-4-5-9-16(15)22(18)12-14-7-3-6-10-17(14)25-2/h3-10H,11-13H2,1-2H3,(H,20,23). The zero-order valence-electron chi connectivity index (χ0n) is 14.4. The van der Waals surface area contributed by atoms with E-state index < -0.39 is 0 Å². The molecule has 0 aliphatic rings. The molecule has 0 radical (unpaired) electrons. The maximum Gasteiger partial charge on any atom is 0.246 e. The molecule has 0 atom stereocenters. The normalized spacial score (nSPS) is 10.8. The van der Waals surface area contributed by atoms with E-state index in [-0.39, 0.29) is 12.5 Å². The highest BCUT2D eigenvalue weighted by atomic mass is 16.5. The summed E-state index contributed by atoms with van der Waals surface area (Å²) in [7, 11) is 3.16. The van der Waals surface area contributed by atoms with Crippen molar-refractivity contribution in [3.8, 4) is 5.75 Å². The van der Waals surface area contributed by atoms with E-state index in [0.717, 1.165) is 28.2 Å². The second kappa shape index (κ2) is 7.81. The van der Waals surface area contributed by atoms with E-state index in [4.69, 9.17) is 9.47 Å². The van der Waals surface area contributed by atoms with Gasteiger partial charge >= 0.3 is 0 Å². The Morgan fingerprint density at radius 1 is 1.12 bits per heavy atom. The van der Waals surface area contributed by atoms with Crippen LogP contribution >= 0.6 is 0 Å². The molecule has 0 spiro atoms. The van der Waals surface area contributed by atoms with Crippen LogP contribution in [-0.2, 0) is 22.6 Å². The van der Waals surface area contributed by atoms with Gasteiger partial charge in [-0.05, 0) is 18.2 Å². The number of fused-ring (bicyclic) bond motifs is 1. The quantitative estimate of drug-likeness (QED) is 0.718. The third-order valence-corrected chi connectivity index (χ3v) is 3.97. The zero-order valence-corrected chi connectivity index (χ0v) is 14.4. The summed E-state index contributed by atoms with van der Waals surface area (Å²) in [5.74, 6) is 1.45. The van der Waals surface area contributed by atoms with Gasteiger partial charge in [0, 0.05) is 12.7 Å². The minimum absolute atomic E-state index is 0.0345. The van der Waals surface area contributed by atoms with Gasteiger partial charge in [0.1, 0.15) is 18.2 Å². The Balaban J connectivity index is 1.94. The van der Waals surface area contributed by atoms with Crippen LogP contribution in [-0.4, -0.2) is 36.3 Å². The van der Waals surface area contributed by atoms with Crippen molar-refractivity contribution in [2.24, 2.45) is 0 Å². The number of aromatic nitrogens is 2. The van der Waals surface area contributed by atoms with Crippen LogP contribution in [0.2, 0.25) is 0 Å². The fourth-order valence-electron chi connectivity index (χ4n) is 2.80. The molecule has 0 aliphatic heterocycles. The Bertz CT molecular complexity index is 873. The van der Waals surface area contributed by atoms with Crippen LogP contribution in [0.3, 0.4) is 0 Å². The lowest BCUT2D eigenvalue weighted by molar-refractivity contribution is -0.124. The van der Waals surface area contributed by atoms with E-state index in [1.54, 1.807) is 7.11 Å². The predicted octanol–water partition coefficient (Wildman–Crippen LogP) is 2.36. The summed E-state index contributed by atoms with van der Waals surface area (Å²) in [5.41, 5.74) is 2.97. The fraction of sp³-hybridized carbons (Fsp3) is 0.263. The van der Waals surface area contributed by atoms with Crippen molar-refractivity contribution in [1.29, 1.82) is 0 Å². The lowest BCUT2D eigenvalue weighted by Gasteiger charge is -2.13. The van der Waals surface area contributed by atoms with Gasteiger partial charge in [0.05, 0.1) is 31.2 Å². The molecule has 0 unspecified atom stereocenters. The molecule has 3 rings (SSSR count). The van der Waals surface area contributed by atoms with Crippen LogP contribution in [0.15, 0.2) is 48.5 Å². The van der Waals surface area contributed by atoms with Crippen molar-refractivity contribution in [1.82, 2.24) is 14.9 Å². The molecule has 0 fully saturated rings. The Morgan fingerprint density at radius 3 is 2.68 bits per heavy atom. The lowest BCUT2D eigenvalue weighted by atomic mass is 10.2. The number of imidazole rings is 1. The van der Waals surface area contributed by atoms with Crippen LogP contribution in [0.1, 0.15) is 11.4 Å². The number of ether oxygens (including phenoxy) is 2. The van der Waals surface area contributed by atoms with Gasteiger partial charge in [-0.25, -0.2) is 4.98 Å². The van der Waals surface area contributed by atoms with Gasteiger partial charge in [0.15, 0.2) is 0 Å². The van der Waals surface area contributed by atoms with Gasteiger partial charge < -0.3 is 19.4 Å². The van der Waals surface area contributed by atoms with E-state index in [1.165, 1.54) is 7.11 Å². The first-order valence-electron chi connectivity index (χ1n) is 8.04. The van der Waals surface area contributed by atoms with E-state index in [1.807, 2.05) is 48.5 Å². The predicted molar refractivity (Wildman–Crippen MR) is 95.6 cm³/mol. The molecule has 1 amide bonds. The highest BCUT2D eigenvalue weighted by Crippen LogP contribution is 2.23. The van der Waals surface area contributed by atoms with Gasteiger partial charge in [-0.1, -0.05) is 30.3 Å². The Hall–Kier alpha value is -2.86. The Morgan fingerprint density at radius 2 is 1.88 bits per heavy atom. The van der Waals surface area contributed by atoms with E-state index in [0.29, 0.717) is 13.1 Å². The second-order valence-electron chi connectivity index (χ2n) is 5.62. The smallest absolute Gasteiger partial charge is 0.246 e. The Labute approximate surface area is 146 Å². The number of hydrogen-bond acceptors (Lipinski definition) is 4. The van der Waals surface area contributed by atoms with Gasteiger partial charge in [0.25, 0.3) is 0 Å². The van der Waals surface area contributed by atoms with Gasteiger partial charge in [-0.2, -0.15) is 0 Å². The highest BCUT2D eigenvalue weighted by molar-refractivity contribution is 5.78. The van der Waals surface area contributed by atoms with Crippen LogP contribution < -0.4 is 10.1 Å². The minimum Gasteiger partial charge on any atom is -0.496 e. The topological polar surface area (TPSA) is 65.4 Å². The van der Waals surface area contributed by atoms with Crippen molar-refractivity contribution in [3.63, 3.8) is 0 Å². The van der Waals surface area contributed by atoms with Crippen molar-refractivity contribution in [2.45, 2.75) is 13.1 Å². The molecule has 1 aromatic heterocycles. The summed E-state index contributed by atoms with van der Waals surface area (Å²) in [5, 5.41) is 2.84. The van der Waals surface area contributed by atoms with E-state index in [9.17, 15) is 4.79 Å². The first kappa shape index (κ1) is 17.0. The first-order chi connectivity index (χ1) is 12.2. The molecule has 1 heterocycles. The molecule has 1 N–H and O–H groups in total. The summed E-state index contributed by atoms with van der Waals surface area (Å²) in [6, 6.07) is 15.8. The Kier molecular flexibility index (Phi) is 5.30. The van der Waals surface area contributed by atoms with Crippen molar-refractivity contribution in [3.05, 3.63) is 59.9 Å². The summed E-state index contributed by atoms with van der Waals surface area (Å²) < 4.78 is 12.4. The molecule has 0 saturated heterocycles. The minimum atomic E-state index is -0.168. The number of rotatable bonds is 7. The van der Waals surface area contributed by atoms with Gasteiger partial charge in [-0.3, -0.25) is 4.79 Å². The first-order valence-corrected chi connectivity index (χ1v) is 8.04. The van der Waals surface area contributed by atoms with Crippen LogP contribution in [0, 0.1) is 0 Å². The van der Waals surface area contributed by atoms with Crippen molar-refractivity contribution in [2.75, 3.05) is 20.8 Å². The number of nitrogens with zero attached hydrogens (tertiary/aromatic N) is 2. The van der Waals surface area contributed by atoms with Gasteiger partial charge in [0.2, 0.25) is 5.91 Å². The van der Waals surface area contributed by atoms with E-state index >= 15 is 0 Å². The summed E-state index contributed by atoms with van der Waals surface area (Å²) >= 11 is 0. The SMILES string of the molecule is COCC(=O)NCc1nc2ccccc2n1Cc1ccccc1OC. The molecular weight excluding hydrogens is 318 g/mol. The van der Waals surface area contributed by atoms with E-state index in [2.05, 4.69) is 14.9 Å². The molecule has 0 aliphatic carbocycles. The molecule has 6 heteroatoms. The maximum absolute atomic E-state index is 11.7. The van der Waals surface area contributed by atoms with Crippen molar-refractivity contribution < 1.29 is 14.3 Å². The third kappa shape index (κ3) is 3.80. The monoisotopic (exact) mass is 339 g/mol. The number of carbonyl (C=O) groups excluding carboxylic acids is 1. The lowest BCUT2D eigenvalue weighted by Crippen LogP contribution is -2.28. The largest absolute Gasteiger partial charge is 0.496 e. The van der Waals surface area contributed by atoms with Crippen LogP contribution in [0.25, 0.3) is 11.0 Å². The summed E-state index contributed by atoms with van der Waals surface area (Å²) in [4.78, 5) is 16.4. The number of nitrogens with one attached hydrogen (secondary N) is 1. The number of para-hydroxylation sites is 3. The molecule has 0 saturated carbocycles. The molecular formula is C19H21N3O3. The molecule has 0 bridgehead atoms. The van der Waals surface area contributed by atoms with Crippen molar-refractivity contribution >= 4 is 16.9 Å². The molecule has 3 aromatic rings. The zero-order chi connectivity index (χ0) is 17.6. The van der Waals surface area contributed by atoms with Gasteiger partial charge in [-0.15, -0.1) is 0 Å². The molecule has 2 aromatic carbocycles. The molecule has 130 valence electrons. The number of amides is 1. The average molecular weight is 339 g/mol. The average Bonchev–Trinajstić information content (AvgIpc) is 2.98. The number of carbonyl (C=O) groups is 1. The number of methoxy groups -OCH3 is 2. The summed E-state index contributed by atoms with van der Waals surface area (Å²) in [6.07, 6.45) is 0. The van der Waals surface area contributed by atoms with Crippen LogP contribution in [0.4, 0.5) is 0 Å². The third-order valence-electron chi connectivity index (χ3n) is 3.97. The fourth-order valence-corrected chi connectivity index (χ4v) is 2.80. The molecule has 25 heavy (non-hydrogen) atoms. The summed E-state index contributed by atoms with van der Waals surface area (Å²) in [6.45, 7) is 0.985. The second-order valence-corrected chi connectivity index (χ2v) is 5.62.